The topological polar surface area (TPSA) is 82.8 Å². The van der Waals surface area contributed by atoms with Gasteiger partial charge in [0.15, 0.2) is 5.01 Å². The third kappa shape index (κ3) is 5.04. The Labute approximate surface area is 209 Å². The Bertz CT molecular complexity index is 1460. The molecule has 2 amide bonds. The number of benzene rings is 2. The van der Waals surface area contributed by atoms with Crippen molar-refractivity contribution in [2.24, 2.45) is 0 Å². The van der Waals surface area contributed by atoms with Crippen molar-refractivity contribution in [3.8, 4) is 10.6 Å². The quantitative estimate of drug-likeness (QED) is 0.441. The van der Waals surface area contributed by atoms with E-state index in [0.29, 0.717) is 64.7 Å². The van der Waals surface area contributed by atoms with Crippen LogP contribution >= 0.6 is 22.9 Å². The summed E-state index contributed by atoms with van der Waals surface area (Å²) in [4.78, 5) is 34.1. The number of nitrogens with one attached hydrogen (secondary N) is 1. The van der Waals surface area contributed by atoms with Crippen molar-refractivity contribution in [2.75, 3.05) is 31.5 Å². The van der Waals surface area contributed by atoms with Crippen LogP contribution in [0.25, 0.3) is 15.5 Å². The van der Waals surface area contributed by atoms with Gasteiger partial charge in [-0.25, -0.2) is 14.2 Å². The third-order valence-electron chi connectivity index (χ3n) is 5.87. The number of urea groups is 1. The molecule has 0 aliphatic carbocycles. The highest BCUT2D eigenvalue weighted by Crippen LogP contribution is 2.26. The molecule has 1 N–H and O–H groups in total. The van der Waals surface area contributed by atoms with E-state index in [2.05, 4.69) is 20.3 Å². The molecule has 2 aromatic heterocycles. The molecule has 1 fully saturated rings. The lowest BCUT2D eigenvalue weighted by Gasteiger charge is -2.34. The molecule has 11 heteroatoms. The Balaban J connectivity index is 1.23. The molecule has 0 unspecified atom stereocenters. The van der Waals surface area contributed by atoms with E-state index in [1.807, 2.05) is 19.1 Å². The molecule has 0 bridgehead atoms. The second kappa shape index (κ2) is 9.73. The molecule has 0 radical (unpaired) electrons. The summed E-state index contributed by atoms with van der Waals surface area (Å²) in [7, 11) is 0. The van der Waals surface area contributed by atoms with Gasteiger partial charge in [-0.1, -0.05) is 41.1 Å². The maximum Gasteiger partial charge on any atom is 0.321 e. The van der Waals surface area contributed by atoms with Gasteiger partial charge in [0, 0.05) is 55.1 Å². The fraction of sp³-hybridized carbons (Fsp3) is 0.250. The van der Waals surface area contributed by atoms with E-state index < -0.39 is 5.82 Å². The summed E-state index contributed by atoms with van der Waals surface area (Å²) in [5.74, 6) is -0.396. The molecule has 35 heavy (non-hydrogen) atoms. The van der Waals surface area contributed by atoms with E-state index in [0.717, 1.165) is 5.56 Å². The van der Waals surface area contributed by atoms with Gasteiger partial charge in [0.2, 0.25) is 4.96 Å². The van der Waals surface area contributed by atoms with E-state index in [1.54, 1.807) is 29.2 Å². The summed E-state index contributed by atoms with van der Waals surface area (Å²) in [6, 6.07) is 13.0. The van der Waals surface area contributed by atoms with E-state index in [4.69, 9.17) is 11.6 Å². The smallest absolute Gasteiger partial charge is 0.321 e. The average Bonchev–Trinajstić information content (AvgIpc) is 3.27. The molecular formula is C24H22ClFN6O2S. The number of amides is 2. The van der Waals surface area contributed by atoms with Crippen LogP contribution in [0, 0.1) is 12.7 Å². The second-order valence-electron chi connectivity index (χ2n) is 8.32. The SMILES string of the molecule is Cc1ccc(NC(=O)N2CCN(Cc3cc(=O)n4nc(-c5ccccc5F)sc4n3)CC2)cc1Cl. The zero-order valence-electron chi connectivity index (χ0n) is 18.9. The van der Waals surface area contributed by atoms with Crippen molar-refractivity contribution in [3.05, 3.63) is 81.0 Å². The molecular weight excluding hydrogens is 491 g/mol. The van der Waals surface area contributed by atoms with E-state index in [1.165, 1.54) is 28.0 Å². The number of carbonyl (C=O) groups excluding carboxylic acids is 1. The van der Waals surface area contributed by atoms with Gasteiger partial charge in [0.1, 0.15) is 5.82 Å². The number of piperazine rings is 1. The zero-order chi connectivity index (χ0) is 24.5. The van der Waals surface area contributed by atoms with Crippen molar-refractivity contribution < 1.29 is 9.18 Å². The largest absolute Gasteiger partial charge is 0.322 e. The lowest BCUT2D eigenvalue weighted by Crippen LogP contribution is -2.49. The Morgan fingerprint density at radius 1 is 1.14 bits per heavy atom. The van der Waals surface area contributed by atoms with Gasteiger partial charge in [0.25, 0.3) is 5.56 Å². The molecule has 5 rings (SSSR count). The van der Waals surface area contributed by atoms with Crippen LogP contribution in [0.4, 0.5) is 14.9 Å². The molecule has 180 valence electrons. The Hall–Kier alpha value is -3.34. The maximum atomic E-state index is 14.2. The number of aryl methyl sites for hydroxylation is 1. The first kappa shape index (κ1) is 23.4. The zero-order valence-corrected chi connectivity index (χ0v) is 20.4. The number of halogens is 2. The standard InChI is InChI=1S/C24H22ClFN6O2S/c1-15-6-7-16(12-19(15)25)27-23(34)31-10-8-30(9-11-31)14-17-13-21(33)32-24(28-17)35-22(29-32)18-4-2-3-5-20(18)26/h2-7,12-13H,8-11,14H2,1H3,(H,27,34). The fourth-order valence-corrected chi connectivity index (χ4v) is 5.02. The average molecular weight is 513 g/mol. The van der Waals surface area contributed by atoms with E-state index in [9.17, 15) is 14.0 Å². The van der Waals surface area contributed by atoms with Crippen LogP contribution < -0.4 is 10.9 Å². The third-order valence-corrected chi connectivity index (χ3v) is 7.22. The van der Waals surface area contributed by atoms with Crippen LogP contribution in [-0.2, 0) is 6.54 Å². The van der Waals surface area contributed by atoms with Crippen molar-refractivity contribution in [3.63, 3.8) is 0 Å². The van der Waals surface area contributed by atoms with E-state index in [-0.39, 0.29) is 11.6 Å². The monoisotopic (exact) mass is 512 g/mol. The van der Waals surface area contributed by atoms with E-state index >= 15 is 0 Å². The number of fused-ring (bicyclic) bond motifs is 1. The molecule has 3 heterocycles. The molecule has 1 saturated heterocycles. The minimum atomic E-state index is -0.396. The summed E-state index contributed by atoms with van der Waals surface area (Å²) >= 11 is 7.32. The number of rotatable bonds is 4. The van der Waals surface area contributed by atoms with Crippen LogP contribution in [-0.4, -0.2) is 56.6 Å². The molecule has 2 aromatic carbocycles. The number of hydrogen-bond acceptors (Lipinski definition) is 6. The summed E-state index contributed by atoms with van der Waals surface area (Å²) in [5.41, 5.74) is 2.26. The second-order valence-corrected chi connectivity index (χ2v) is 9.69. The van der Waals surface area contributed by atoms with Crippen LogP contribution in [0.1, 0.15) is 11.3 Å². The lowest BCUT2D eigenvalue weighted by atomic mass is 10.2. The van der Waals surface area contributed by atoms with Crippen LogP contribution in [0.3, 0.4) is 0 Å². The number of carbonyl (C=O) groups is 1. The first-order chi connectivity index (χ1) is 16.9. The summed E-state index contributed by atoms with van der Waals surface area (Å²) in [6.07, 6.45) is 0. The number of hydrogen-bond donors (Lipinski definition) is 1. The maximum absolute atomic E-state index is 14.2. The van der Waals surface area contributed by atoms with Gasteiger partial charge in [-0.3, -0.25) is 9.69 Å². The summed E-state index contributed by atoms with van der Waals surface area (Å²) < 4.78 is 15.4. The normalized spacial score (nSPS) is 14.4. The highest BCUT2D eigenvalue weighted by Gasteiger charge is 2.22. The number of anilines is 1. The van der Waals surface area contributed by atoms with Crippen molar-refractivity contribution in [1.29, 1.82) is 0 Å². The Morgan fingerprint density at radius 3 is 2.66 bits per heavy atom. The van der Waals surface area contributed by atoms with Crippen molar-refractivity contribution >= 4 is 39.6 Å². The van der Waals surface area contributed by atoms with Gasteiger partial charge in [0.05, 0.1) is 5.69 Å². The predicted molar refractivity (Wildman–Crippen MR) is 135 cm³/mol. The predicted octanol–water partition coefficient (Wildman–Crippen LogP) is 4.27. The minimum Gasteiger partial charge on any atom is -0.322 e. The highest BCUT2D eigenvalue weighted by molar-refractivity contribution is 7.19. The Kier molecular flexibility index (Phi) is 6.50. The van der Waals surface area contributed by atoms with Crippen LogP contribution in [0.5, 0.6) is 0 Å². The molecule has 0 saturated carbocycles. The first-order valence-corrected chi connectivity index (χ1v) is 12.3. The molecule has 0 spiro atoms. The minimum absolute atomic E-state index is 0.173. The van der Waals surface area contributed by atoms with Gasteiger partial charge < -0.3 is 10.2 Å². The number of nitrogens with zero attached hydrogens (tertiary/aromatic N) is 5. The van der Waals surface area contributed by atoms with Crippen molar-refractivity contribution in [1.82, 2.24) is 24.4 Å². The molecule has 1 aliphatic rings. The molecule has 1 aliphatic heterocycles. The van der Waals surface area contributed by atoms with Gasteiger partial charge in [-0.2, -0.15) is 9.61 Å². The summed E-state index contributed by atoms with van der Waals surface area (Å²) in [6.45, 7) is 4.76. The van der Waals surface area contributed by atoms with Crippen molar-refractivity contribution in [2.45, 2.75) is 13.5 Å². The summed E-state index contributed by atoms with van der Waals surface area (Å²) in [5, 5.41) is 8.15. The molecule has 4 aromatic rings. The molecule has 0 atom stereocenters. The van der Waals surface area contributed by atoms with Crippen LogP contribution in [0.15, 0.2) is 53.3 Å². The highest BCUT2D eigenvalue weighted by atomic mass is 35.5. The first-order valence-electron chi connectivity index (χ1n) is 11.1. The van der Waals surface area contributed by atoms with Gasteiger partial charge in [-0.05, 0) is 36.8 Å². The molecule has 8 nitrogen and oxygen atoms in total. The van der Waals surface area contributed by atoms with Gasteiger partial charge >= 0.3 is 6.03 Å². The fourth-order valence-electron chi connectivity index (χ4n) is 3.89. The van der Waals surface area contributed by atoms with Gasteiger partial charge in [-0.15, -0.1) is 0 Å². The van der Waals surface area contributed by atoms with Crippen LogP contribution in [0.2, 0.25) is 5.02 Å². The Morgan fingerprint density at radius 2 is 1.91 bits per heavy atom. The lowest BCUT2D eigenvalue weighted by molar-refractivity contribution is 0.142. The number of aromatic nitrogens is 3.